The minimum absolute atomic E-state index is 0. The summed E-state index contributed by atoms with van der Waals surface area (Å²) in [5.41, 5.74) is 5.91. The summed E-state index contributed by atoms with van der Waals surface area (Å²) in [6, 6.07) is 2.78. The van der Waals surface area contributed by atoms with E-state index in [1.165, 1.54) is 6.07 Å². The van der Waals surface area contributed by atoms with Gasteiger partial charge >= 0.3 is 6.18 Å². The Bertz CT molecular complexity index is 745. The highest BCUT2D eigenvalue weighted by Crippen LogP contribution is 2.31. The summed E-state index contributed by atoms with van der Waals surface area (Å²) in [7, 11) is 1.69. The van der Waals surface area contributed by atoms with Gasteiger partial charge in [-0.05, 0) is 24.1 Å². The van der Waals surface area contributed by atoms with Gasteiger partial charge in [0.1, 0.15) is 5.82 Å². The number of alkyl halides is 3. The van der Waals surface area contributed by atoms with Gasteiger partial charge in [-0.15, -0.1) is 12.4 Å². The molecule has 0 saturated carbocycles. The van der Waals surface area contributed by atoms with E-state index in [9.17, 15) is 18.0 Å². The first-order valence-corrected chi connectivity index (χ1v) is 7.71. The molecule has 0 spiro atoms. The number of benzene rings is 1. The molecule has 0 fully saturated rings. The Morgan fingerprint density at radius 1 is 1.40 bits per heavy atom. The van der Waals surface area contributed by atoms with Crippen molar-refractivity contribution in [3.63, 3.8) is 0 Å². The van der Waals surface area contributed by atoms with E-state index < -0.39 is 17.8 Å². The van der Waals surface area contributed by atoms with Crippen LogP contribution in [-0.2, 0) is 24.6 Å². The smallest absolute Gasteiger partial charge is 0.348 e. The molecule has 0 aliphatic rings. The second-order valence-corrected chi connectivity index (χ2v) is 5.92. The molecule has 0 radical (unpaired) electrons. The molecule has 0 aliphatic heterocycles. The number of amides is 1. The van der Waals surface area contributed by atoms with E-state index in [1.807, 2.05) is 13.8 Å². The maximum Gasteiger partial charge on any atom is 0.416 e. The lowest BCUT2D eigenvalue weighted by molar-refractivity contribution is -0.137. The van der Waals surface area contributed by atoms with Crippen LogP contribution in [-0.4, -0.2) is 21.5 Å². The van der Waals surface area contributed by atoms with E-state index in [4.69, 9.17) is 5.73 Å². The molecule has 0 aliphatic carbocycles. The zero-order valence-electron chi connectivity index (χ0n) is 14.2. The molecule has 0 saturated heterocycles. The Kier molecular flexibility index (Phi) is 6.84. The van der Waals surface area contributed by atoms with Gasteiger partial charge < -0.3 is 15.6 Å². The number of aromatic nitrogens is 2. The zero-order valence-corrected chi connectivity index (χ0v) is 15.0. The van der Waals surface area contributed by atoms with Crippen LogP contribution < -0.4 is 11.1 Å². The van der Waals surface area contributed by atoms with Crippen molar-refractivity contribution in [2.24, 2.45) is 18.7 Å². The van der Waals surface area contributed by atoms with Crippen molar-refractivity contribution in [1.29, 1.82) is 0 Å². The lowest BCUT2D eigenvalue weighted by Crippen LogP contribution is -2.44. The Labute approximate surface area is 150 Å². The Hall–Kier alpha value is -1.80. The number of nitrogens with two attached hydrogens (primary N) is 1. The van der Waals surface area contributed by atoms with Crippen LogP contribution in [0.15, 0.2) is 18.2 Å². The molecule has 25 heavy (non-hydrogen) atoms. The summed E-state index contributed by atoms with van der Waals surface area (Å²) in [6.45, 7) is 3.94. The monoisotopic (exact) mass is 378 g/mol. The van der Waals surface area contributed by atoms with Crippen LogP contribution in [0.2, 0.25) is 0 Å². The summed E-state index contributed by atoms with van der Waals surface area (Å²) >= 11 is 0. The summed E-state index contributed by atoms with van der Waals surface area (Å²) in [6.07, 6.45) is -3.63. The van der Waals surface area contributed by atoms with Gasteiger partial charge in [0.2, 0.25) is 5.91 Å². The topological polar surface area (TPSA) is 72.9 Å². The Balaban J connectivity index is 0.00000312. The molecular weight excluding hydrogens is 357 g/mol. The second-order valence-electron chi connectivity index (χ2n) is 5.92. The van der Waals surface area contributed by atoms with Crippen molar-refractivity contribution >= 4 is 29.3 Å². The van der Waals surface area contributed by atoms with Crippen molar-refractivity contribution in [3.8, 4) is 0 Å². The van der Waals surface area contributed by atoms with Gasteiger partial charge in [-0.3, -0.25) is 4.79 Å². The van der Waals surface area contributed by atoms with Gasteiger partial charge in [0.15, 0.2) is 0 Å². The number of halogens is 4. The lowest BCUT2D eigenvalue weighted by Gasteiger charge is -2.17. The quantitative estimate of drug-likeness (QED) is 0.840. The van der Waals surface area contributed by atoms with Crippen LogP contribution in [0.1, 0.15) is 31.7 Å². The van der Waals surface area contributed by atoms with Crippen molar-refractivity contribution in [3.05, 3.63) is 29.6 Å². The number of hydrogen-bond donors (Lipinski definition) is 2. The average molecular weight is 379 g/mol. The number of imidazole rings is 1. The van der Waals surface area contributed by atoms with Gasteiger partial charge in [0, 0.05) is 7.05 Å². The molecule has 140 valence electrons. The molecule has 1 aromatic heterocycles. The van der Waals surface area contributed by atoms with Crippen LogP contribution in [0.4, 0.5) is 13.2 Å². The van der Waals surface area contributed by atoms with Gasteiger partial charge in [0.25, 0.3) is 0 Å². The maximum atomic E-state index is 12.8. The van der Waals surface area contributed by atoms with Crippen molar-refractivity contribution in [2.45, 2.75) is 39.0 Å². The number of nitrogens with one attached hydrogen (secondary N) is 1. The average Bonchev–Trinajstić information content (AvgIpc) is 2.86. The maximum absolute atomic E-state index is 12.8. The molecule has 0 bridgehead atoms. The Morgan fingerprint density at radius 3 is 2.60 bits per heavy atom. The van der Waals surface area contributed by atoms with Gasteiger partial charge in [-0.2, -0.15) is 13.2 Å². The number of fused-ring (bicyclic) bond motifs is 1. The molecule has 1 heterocycles. The van der Waals surface area contributed by atoms with Crippen LogP contribution in [0.3, 0.4) is 0 Å². The normalized spacial score (nSPS) is 14.0. The molecule has 1 aromatic carbocycles. The zero-order chi connectivity index (χ0) is 18.1. The third kappa shape index (κ3) is 4.64. The molecular formula is C16H22ClF3N4O. The van der Waals surface area contributed by atoms with Crippen LogP contribution in [0, 0.1) is 5.92 Å². The van der Waals surface area contributed by atoms with Crippen LogP contribution >= 0.6 is 12.4 Å². The Morgan fingerprint density at radius 2 is 2.04 bits per heavy atom. The van der Waals surface area contributed by atoms with Crippen molar-refractivity contribution in [2.75, 3.05) is 0 Å². The highest BCUT2D eigenvalue weighted by atomic mass is 35.5. The SMILES string of the molecule is CC[C@H](C)[C@H](N)C(=O)NCc1nc2cc(C(F)(F)F)ccc2n1C.Cl. The fourth-order valence-corrected chi connectivity index (χ4v) is 2.38. The molecule has 2 atom stereocenters. The fraction of sp³-hybridized carbons (Fsp3) is 0.500. The third-order valence-corrected chi connectivity index (χ3v) is 4.28. The third-order valence-electron chi connectivity index (χ3n) is 4.28. The summed E-state index contributed by atoms with van der Waals surface area (Å²) in [5, 5.41) is 2.69. The molecule has 2 rings (SSSR count). The van der Waals surface area contributed by atoms with E-state index in [0.29, 0.717) is 11.3 Å². The first-order valence-electron chi connectivity index (χ1n) is 7.71. The van der Waals surface area contributed by atoms with Crippen LogP contribution in [0.25, 0.3) is 11.0 Å². The molecule has 1 amide bonds. The second kappa shape index (κ2) is 8.05. The van der Waals surface area contributed by atoms with E-state index in [2.05, 4.69) is 10.3 Å². The predicted molar refractivity (Wildman–Crippen MR) is 92.2 cm³/mol. The van der Waals surface area contributed by atoms with Crippen LogP contribution in [0.5, 0.6) is 0 Å². The van der Waals surface area contributed by atoms with Gasteiger partial charge in [-0.1, -0.05) is 20.3 Å². The number of rotatable bonds is 5. The van der Waals surface area contributed by atoms with Crippen molar-refractivity contribution < 1.29 is 18.0 Å². The summed E-state index contributed by atoms with van der Waals surface area (Å²) in [5.74, 6) is 0.209. The van der Waals surface area contributed by atoms with E-state index in [0.717, 1.165) is 18.6 Å². The molecule has 3 N–H and O–H groups in total. The number of aryl methyl sites for hydroxylation is 1. The first-order chi connectivity index (χ1) is 11.1. The summed E-state index contributed by atoms with van der Waals surface area (Å²) in [4.78, 5) is 16.2. The van der Waals surface area contributed by atoms with E-state index in [-0.39, 0.29) is 36.3 Å². The standard InChI is InChI=1S/C16H21F3N4O.ClH/c1-4-9(2)14(20)15(24)21-8-13-22-11-7-10(16(17,18)19)5-6-12(11)23(13)3;/h5-7,9,14H,4,8,20H2,1-3H3,(H,21,24);1H/t9-,14-;/m0./s1. The highest BCUT2D eigenvalue weighted by Gasteiger charge is 2.31. The molecule has 0 unspecified atom stereocenters. The summed E-state index contributed by atoms with van der Waals surface area (Å²) < 4.78 is 40.0. The number of carbonyl (C=O) groups is 1. The number of nitrogens with zero attached hydrogens (tertiary/aromatic N) is 2. The van der Waals surface area contributed by atoms with Crippen molar-refractivity contribution in [1.82, 2.24) is 14.9 Å². The fourth-order valence-electron chi connectivity index (χ4n) is 2.38. The minimum atomic E-state index is -4.41. The number of carbonyl (C=O) groups excluding carboxylic acids is 1. The predicted octanol–water partition coefficient (Wildman–Crippen LogP) is 3.00. The van der Waals surface area contributed by atoms with Gasteiger partial charge in [0.05, 0.1) is 29.2 Å². The first kappa shape index (κ1) is 21.2. The molecule has 2 aromatic rings. The highest BCUT2D eigenvalue weighted by molar-refractivity contribution is 5.85. The minimum Gasteiger partial charge on any atom is -0.348 e. The molecule has 5 nitrogen and oxygen atoms in total. The van der Waals surface area contributed by atoms with Gasteiger partial charge in [-0.25, -0.2) is 4.98 Å². The molecule has 9 heteroatoms. The lowest BCUT2D eigenvalue weighted by atomic mass is 9.99. The van der Waals surface area contributed by atoms with E-state index >= 15 is 0 Å². The van der Waals surface area contributed by atoms with E-state index in [1.54, 1.807) is 11.6 Å². The number of hydrogen-bond acceptors (Lipinski definition) is 3. The largest absolute Gasteiger partial charge is 0.416 e.